The molecule has 3 nitrogen and oxygen atoms in total. The lowest BCUT2D eigenvalue weighted by molar-refractivity contribution is 0.776. The number of aromatic nitrogens is 2. The van der Waals surface area contributed by atoms with E-state index < -0.39 is 0 Å². The van der Waals surface area contributed by atoms with Crippen LogP contribution in [0, 0.1) is 3.57 Å². The molecular formula is C10H14IN3S. The van der Waals surface area contributed by atoms with E-state index in [0.717, 1.165) is 21.8 Å². The molecule has 1 unspecified atom stereocenters. The molecule has 0 saturated carbocycles. The van der Waals surface area contributed by atoms with Crippen LogP contribution in [-0.2, 0) is 0 Å². The molecule has 2 heterocycles. The van der Waals surface area contributed by atoms with Crippen LogP contribution in [0.1, 0.15) is 30.8 Å². The zero-order valence-corrected chi connectivity index (χ0v) is 11.6. The first kappa shape index (κ1) is 11.4. The van der Waals surface area contributed by atoms with Crippen LogP contribution in [0.3, 0.4) is 0 Å². The molecule has 0 amide bonds. The number of halogens is 1. The summed E-state index contributed by atoms with van der Waals surface area (Å²) in [5.74, 6) is 3.22. The highest BCUT2D eigenvalue weighted by Gasteiger charge is 2.21. The van der Waals surface area contributed by atoms with Crippen LogP contribution >= 0.6 is 34.4 Å². The fraction of sp³-hybridized carbons (Fsp3) is 0.600. The average Bonchev–Trinajstić information content (AvgIpc) is 2.75. The van der Waals surface area contributed by atoms with Crippen molar-refractivity contribution in [3.63, 3.8) is 0 Å². The Hall–Kier alpha value is -0.0400. The van der Waals surface area contributed by atoms with Gasteiger partial charge in [0.2, 0.25) is 0 Å². The Labute approximate surface area is 108 Å². The molecule has 0 bridgehead atoms. The molecule has 1 saturated heterocycles. The zero-order valence-electron chi connectivity index (χ0n) is 8.66. The van der Waals surface area contributed by atoms with Gasteiger partial charge >= 0.3 is 0 Å². The lowest BCUT2D eigenvalue weighted by Gasteiger charge is -2.10. The summed E-state index contributed by atoms with van der Waals surface area (Å²) >= 11 is 4.24. The molecule has 1 aliphatic rings. The number of rotatable bonds is 3. The van der Waals surface area contributed by atoms with Crippen molar-refractivity contribution < 1.29 is 0 Å². The molecule has 0 radical (unpaired) electrons. The van der Waals surface area contributed by atoms with Crippen molar-refractivity contribution in [1.29, 1.82) is 0 Å². The molecule has 15 heavy (non-hydrogen) atoms. The van der Waals surface area contributed by atoms with E-state index in [1.807, 2.05) is 18.0 Å². The molecule has 1 atom stereocenters. The van der Waals surface area contributed by atoms with Crippen LogP contribution in [-0.4, -0.2) is 22.3 Å². The van der Waals surface area contributed by atoms with Gasteiger partial charge in [0.15, 0.2) is 0 Å². The van der Waals surface area contributed by atoms with Crippen molar-refractivity contribution in [1.82, 2.24) is 9.97 Å². The van der Waals surface area contributed by atoms with E-state index in [9.17, 15) is 0 Å². The van der Waals surface area contributed by atoms with Gasteiger partial charge in [-0.3, -0.25) is 0 Å². The van der Waals surface area contributed by atoms with Gasteiger partial charge in [0, 0.05) is 12.7 Å². The van der Waals surface area contributed by atoms with Crippen LogP contribution in [0.2, 0.25) is 0 Å². The van der Waals surface area contributed by atoms with Gasteiger partial charge in [0.05, 0.1) is 8.82 Å². The largest absolute Gasteiger partial charge is 0.369 e. The Balaban J connectivity index is 2.21. The minimum Gasteiger partial charge on any atom is -0.369 e. The number of hydrogen-bond donors (Lipinski definition) is 1. The van der Waals surface area contributed by atoms with Crippen LogP contribution < -0.4 is 5.32 Å². The minimum absolute atomic E-state index is 0.513. The Morgan fingerprint density at radius 3 is 3.20 bits per heavy atom. The van der Waals surface area contributed by atoms with Crippen molar-refractivity contribution in [2.24, 2.45) is 0 Å². The molecule has 82 valence electrons. The zero-order chi connectivity index (χ0) is 10.7. The molecule has 1 aromatic heterocycles. The topological polar surface area (TPSA) is 37.8 Å². The molecule has 2 rings (SSSR count). The maximum Gasteiger partial charge on any atom is 0.143 e. The molecule has 0 aliphatic carbocycles. The van der Waals surface area contributed by atoms with Crippen molar-refractivity contribution in [3.05, 3.63) is 15.6 Å². The third-order valence-corrected chi connectivity index (χ3v) is 4.49. The molecule has 0 spiro atoms. The summed E-state index contributed by atoms with van der Waals surface area (Å²) in [6.07, 6.45) is 4.43. The first-order chi connectivity index (χ1) is 7.31. The fourth-order valence-electron chi connectivity index (χ4n) is 1.61. The Morgan fingerprint density at radius 1 is 1.67 bits per heavy atom. The number of nitrogens with one attached hydrogen (secondary N) is 1. The predicted octanol–water partition coefficient (Wildman–Crippen LogP) is 3.08. The van der Waals surface area contributed by atoms with E-state index >= 15 is 0 Å². The summed E-state index contributed by atoms with van der Waals surface area (Å²) in [6.45, 7) is 2.99. The summed E-state index contributed by atoms with van der Waals surface area (Å²) < 4.78 is 1.10. The second kappa shape index (κ2) is 5.34. The van der Waals surface area contributed by atoms with E-state index in [1.165, 1.54) is 18.6 Å². The van der Waals surface area contributed by atoms with Gasteiger partial charge < -0.3 is 5.32 Å². The van der Waals surface area contributed by atoms with Crippen molar-refractivity contribution >= 4 is 40.2 Å². The molecule has 1 aromatic rings. The number of anilines is 1. The van der Waals surface area contributed by atoms with Gasteiger partial charge in [-0.25, -0.2) is 9.97 Å². The standard InChI is InChI=1S/C10H14IN3S/c1-2-12-9-7(11)6-13-10(14-9)8-4-3-5-15-8/h6,8H,2-5H2,1H3,(H,12,13,14). The number of thioether (sulfide) groups is 1. The van der Waals surface area contributed by atoms with E-state index in [0.29, 0.717) is 5.25 Å². The summed E-state index contributed by atoms with van der Waals surface area (Å²) in [7, 11) is 0. The predicted molar refractivity (Wildman–Crippen MR) is 73.3 cm³/mol. The molecule has 1 N–H and O–H groups in total. The SMILES string of the molecule is CCNc1nc(C2CCCS2)ncc1I. The molecule has 1 aliphatic heterocycles. The quantitative estimate of drug-likeness (QED) is 0.862. The Morgan fingerprint density at radius 2 is 2.53 bits per heavy atom. The lowest BCUT2D eigenvalue weighted by atomic mass is 10.2. The fourth-order valence-corrected chi connectivity index (χ4v) is 3.27. The van der Waals surface area contributed by atoms with Gasteiger partial charge in [0.1, 0.15) is 11.6 Å². The number of nitrogens with zero attached hydrogens (tertiary/aromatic N) is 2. The third kappa shape index (κ3) is 2.75. The second-order valence-corrected chi connectivity index (χ2v) is 5.93. The monoisotopic (exact) mass is 335 g/mol. The first-order valence-electron chi connectivity index (χ1n) is 5.19. The molecule has 1 fully saturated rings. The van der Waals surface area contributed by atoms with E-state index in [2.05, 4.69) is 44.8 Å². The van der Waals surface area contributed by atoms with Gasteiger partial charge in [-0.2, -0.15) is 11.8 Å². The average molecular weight is 335 g/mol. The van der Waals surface area contributed by atoms with Gasteiger partial charge in [-0.1, -0.05) is 0 Å². The molecule has 0 aromatic carbocycles. The number of hydrogen-bond acceptors (Lipinski definition) is 4. The van der Waals surface area contributed by atoms with E-state index in [1.54, 1.807) is 0 Å². The lowest BCUT2D eigenvalue weighted by Crippen LogP contribution is -2.06. The third-order valence-electron chi connectivity index (χ3n) is 2.32. The Kier molecular flexibility index (Phi) is 4.07. The summed E-state index contributed by atoms with van der Waals surface area (Å²) in [5.41, 5.74) is 0. The first-order valence-corrected chi connectivity index (χ1v) is 7.32. The highest BCUT2D eigenvalue weighted by molar-refractivity contribution is 14.1. The van der Waals surface area contributed by atoms with Crippen molar-refractivity contribution in [2.45, 2.75) is 25.0 Å². The van der Waals surface area contributed by atoms with E-state index in [4.69, 9.17) is 0 Å². The van der Waals surface area contributed by atoms with Crippen molar-refractivity contribution in [3.8, 4) is 0 Å². The highest BCUT2D eigenvalue weighted by atomic mass is 127. The van der Waals surface area contributed by atoms with Crippen LogP contribution in [0.25, 0.3) is 0 Å². The Bertz CT molecular complexity index is 339. The van der Waals surface area contributed by atoms with Crippen LogP contribution in [0.5, 0.6) is 0 Å². The second-order valence-electron chi connectivity index (χ2n) is 3.46. The normalized spacial score (nSPS) is 20.5. The minimum atomic E-state index is 0.513. The summed E-state index contributed by atoms with van der Waals surface area (Å²) in [5, 5.41) is 3.79. The maximum absolute atomic E-state index is 4.59. The van der Waals surface area contributed by atoms with Gasteiger partial charge in [0.25, 0.3) is 0 Å². The van der Waals surface area contributed by atoms with Gasteiger partial charge in [-0.15, -0.1) is 0 Å². The molecule has 5 heteroatoms. The smallest absolute Gasteiger partial charge is 0.143 e. The highest BCUT2D eigenvalue weighted by Crippen LogP contribution is 2.38. The van der Waals surface area contributed by atoms with E-state index in [-0.39, 0.29) is 0 Å². The maximum atomic E-state index is 4.59. The van der Waals surface area contributed by atoms with Crippen LogP contribution in [0.4, 0.5) is 5.82 Å². The summed E-state index contributed by atoms with van der Waals surface area (Å²) in [6, 6.07) is 0. The van der Waals surface area contributed by atoms with Crippen molar-refractivity contribution in [2.75, 3.05) is 17.6 Å². The van der Waals surface area contributed by atoms with Gasteiger partial charge in [-0.05, 0) is 48.1 Å². The molecular weight excluding hydrogens is 321 g/mol. The van der Waals surface area contributed by atoms with Crippen LogP contribution in [0.15, 0.2) is 6.20 Å². The summed E-state index contributed by atoms with van der Waals surface area (Å²) in [4.78, 5) is 9.02.